The van der Waals surface area contributed by atoms with E-state index in [0.717, 1.165) is 5.75 Å². The number of carbonyl (C=O) groups is 1. The van der Waals surface area contributed by atoms with Gasteiger partial charge in [0.1, 0.15) is 0 Å². The summed E-state index contributed by atoms with van der Waals surface area (Å²) in [7, 11) is 0. The average Bonchev–Trinajstić information content (AvgIpc) is 2.16. The molecular formula is C5H9NO2S. The van der Waals surface area contributed by atoms with Gasteiger partial charge in [-0.3, -0.25) is 4.79 Å². The minimum Gasteiger partial charge on any atom is -0.366 e. The van der Waals surface area contributed by atoms with Gasteiger partial charge in [-0.1, -0.05) is 0 Å². The predicted octanol–water partition coefficient (Wildman–Crippen LogP) is -0.0487. The Morgan fingerprint density at radius 1 is 1.89 bits per heavy atom. The number of nitrogens with two attached hydrogens (primary N) is 1. The van der Waals surface area contributed by atoms with Crippen LogP contribution in [-0.2, 0) is 9.53 Å². The number of thioether (sulfide) groups is 1. The number of rotatable bonds is 1. The van der Waals surface area contributed by atoms with Gasteiger partial charge in [-0.05, 0) is 6.92 Å². The van der Waals surface area contributed by atoms with Gasteiger partial charge >= 0.3 is 0 Å². The molecule has 0 radical (unpaired) electrons. The second-order valence-corrected chi connectivity index (χ2v) is 3.48. The van der Waals surface area contributed by atoms with Gasteiger partial charge in [-0.15, -0.1) is 11.8 Å². The zero-order valence-corrected chi connectivity index (χ0v) is 6.03. The van der Waals surface area contributed by atoms with Crippen molar-refractivity contribution in [3.63, 3.8) is 0 Å². The molecular weight excluding hydrogens is 138 g/mol. The quantitative estimate of drug-likeness (QED) is 0.566. The van der Waals surface area contributed by atoms with Crippen LogP contribution >= 0.6 is 11.8 Å². The normalized spacial score (nSPS) is 34.8. The Morgan fingerprint density at radius 2 is 2.56 bits per heavy atom. The molecule has 1 amide bonds. The fourth-order valence-corrected chi connectivity index (χ4v) is 1.52. The van der Waals surface area contributed by atoms with Crippen LogP contribution in [0.25, 0.3) is 0 Å². The molecule has 0 aromatic rings. The van der Waals surface area contributed by atoms with Crippen LogP contribution < -0.4 is 5.73 Å². The summed E-state index contributed by atoms with van der Waals surface area (Å²) in [5.74, 6) is 0.476. The SMILES string of the molecule is CC1(C(N)=O)OCCS1. The van der Waals surface area contributed by atoms with E-state index in [-0.39, 0.29) is 5.91 Å². The van der Waals surface area contributed by atoms with E-state index in [2.05, 4.69) is 0 Å². The predicted molar refractivity (Wildman–Crippen MR) is 36.0 cm³/mol. The highest BCUT2D eigenvalue weighted by molar-refractivity contribution is 8.01. The van der Waals surface area contributed by atoms with Crippen LogP contribution in [0.15, 0.2) is 0 Å². The number of amides is 1. The molecule has 1 aliphatic rings. The minimum atomic E-state index is -0.750. The average molecular weight is 147 g/mol. The molecule has 1 unspecified atom stereocenters. The van der Waals surface area contributed by atoms with Crippen LogP contribution in [0.3, 0.4) is 0 Å². The van der Waals surface area contributed by atoms with Crippen LogP contribution in [-0.4, -0.2) is 23.2 Å². The third-order valence-electron chi connectivity index (χ3n) is 1.29. The summed E-state index contributed by atoms with van der Waals surface area (Å²) in [6.07, 6.45) is 0. The highest BCUT2D eigenvalue weighted by atomic mass is 32.2. The van der Waals surface area contributed by atoms with Gasteiger partial charge in [0.2, 0.25) is 0 Å². The van der Waals surface area contributed by atoms with E-state index >= 15 is 0 Å². The monoisotopic (exact) mass is 147 g/mol. The number of carbonyl (C=O) groups excluding carboxylic acids is 1. The summed E-state index contributed by atoms with van der Waals surface area (Å²) in [6, 6.07) is 0. The molecule has 4 heteroatoms. The van der Waals surface area contributed by atoms with Gasteiger partial charge in [0.05, 0.1) is 6.61 Å². The van der Waals surface area contributed by atoms with Crippen LogP contribution in [0.5, 0.6) is 0 Å². The molecule has 0 aromatic carbocycles. The Labute approximate surface area is 57.9 Å². The van der Waals surface area contributed by atoms with Crippen LogP contribution in [0.2, 0.25) is 0 Å². The maximum absolute atomic E-state index is 10.6. The Morgan fingerprint density at radius 3 is 2.78 bits per heavy atom. The first-order valence-corrected chi connectivity index (χ1v) is 3.71. The molecule has 1 saturated heterocycles. The highest BCUT2D eigenvalue weighted by Gasteiger charge is 2.36. The lowest BCUT2D eigenvalue weighted by Crippen LogP contribution is -2.37. The smallest absolute Gasteiger partial charge is 0.259 e. The van der Waals surface area contributed by atoms with E-state index in [1.165, 1.54) is 11.8 Å². The maximum atomic E-state index is 10.6. The van der Waals surface area contributed by atoms with E-state index < -0.39 is 4.93 Å². The van der Waals surface area contributed by atoms with Crippen molar-refractivity contribution in [2.45, 2.75) is 11.9 Å². The van der Waals surface area contributed by atoms with Crippen molar-refractivity contribution in [3.8, 4) is 0 Å². The maximum Gasteiger partial charge on any atom is 0.259 e. The number of hydrogen-bond donors (Lipinski definition) is 1. The lowest BCUT2D eigenvalue weighted by molar-refractivity contribution is -0.129. The molecule has 0 bridgehead atoms. The fraction of sp³-hybridized carbons (Fsp3) is 0.800. The third-order valence-corrected chi connectivity index (χ3v) is 2.53. The molecule has 1 rings (SSSR count). The molecule has 2 N–H and O–H groups in total. The van der Waals surface area contributed by atoms with Gasteiger partial charge in [0.25, 0.3) is 5.91 Å². The Kier molecular flexibility index (Phi) is 1.68. The zero-order chi connectivity index (χ0) is 6.91. The van der Waals surface area contributed by atoms with Crippen LogP contribution in [0.1, 0.15) is 6.92 Å². The van der Waals surface area contributed by atoms with Crippen molar-refractivity contribution < 1.29 is 9.53 Å². The number of hydrogen-bond acceptors (Lipinski definition) is 3. The Hall–Kier alpha value is -0.220. The van der Waals surface area contributed by atoms with Gasteiger partial charge in [-0.2, -0.15) is 0 Å². The van der Waals surface area contributed by atoms with Crippen molar-refractivity contribution >= 4 is 17.7 Å². The number of ether oxygens (including phenoxy) is 1. The minimum absolute atomic E-state index is 0.384. The molecule has 1 atom stereocenters. The molecule has 1 fully saturated rings. The Balaban J connectivity index is 2.61. The first-order chi connectivity index (χ1) is 4.15. The van der Waals surface area contributed by atoms with E-state index in [1.54, 1.807) is 6.92 Å². The molecule has 0 saturated carbocycles. The van der Waals surface area contributed by atoms with Gasteiger partial charge in [0, 0.05) is 5.75 Å². The molecule has 9 heavy (non-hydrogen) atoms. The zero-order valence-electron chi connectivity index (χ0n) is 5.22. The summed E-state index contributed by atoms with van der Waals surface area (Å²) in [5, 5.41) is 0. The van der Waals surface area contributed by atoms with Crippen LogP contribution in [0.4, 0.5) is 0 Å². The van der Waals surface area contributed by atoms with Crippen molar-refractivity contribution in [2.24, 2.45) is 5.73 Å². The van der Waals surface area contributed by atoms with E-state index in [0.29, 0.717) is 6.61 Å². The first kappa shape index (κ1) is 6.89. The lowest BCUT2D eigenvalue weighted by atomic mass is 10.4. The van der Waals surface area contributed by atoms with Crippen molar-refractivity contribution in [2.75, 3.05) is 12.4 Å². The third kappa shape index (κ3) is 1.19. The van der Waals surface area contributed by atoms with Crippen molar-refractivity contribution in [1.82, 2.24) is 0 Å². The molecule has 0 aromatic heterocycles. The second-order valence-electron chi connectivity index (χ2n) is 2.01. The van der Waals surface area contributed by atoms with Gasteiger partial charge < -0.3 is 10.5 Å². The van der Waals surface area contributed by atoms with Gasteiger partial charge in [-0.25, -0.2) is 0 Å². The first-order valence-electron chi connectivity index (χ1n) is 2.73. The molecule has 3 nitrogen and oxygen atoms in total. The fourth-order valence-electron chi connectivity index (χ4n) is 0.657. The lowest BCUT2D eigenvalue weighted by Gasteiger charge is -2.16. The summed E-state index contributed by atoms with van der Waals surface area (Å²) in [4.78, 5) is 9.85. The Bertz CT molecular complexity index is 131. The van der Waals surface area contributed by atoms with Crippen molar-refractivity contribution in [1.29, 1.82) is 0 Å². The number of primary amides is 1. The van der Waals surface area contributed by atoms with E-state index in [4.69, 9.17) is 10.5 Å². The van der Waals surface area contributed by atoms with Gasteiger partial charge in [0.15, 0.2) is 4.93 Å². The molecule has 1 aliphatic heterocycles. The second kappa shape index (κ2) is 2.19. The summed E-state index contributed by atoms with van der Waals surface area (Å²) < 4.78 is 5.09. The summed E-state index contributed by atoms with van der Waals surface area (Å²) in [5.41, 5.74) is 5.05. The topological polar surface area (TPSA) is 52.3 Å². The van der Waals surface area contributed by atoms with E-state index in [1.807, 2.05) is 0 Å². The standard InChI is InChI=1S/C5H9NO2S/c1-5(4(6)7)8-2-3-9-5/h2-3H2,1H3,(H2,6,7). The van der Waals surface area contributed by atoms with E-state index in [9.17, 15) is 4.79 Å². The largest absolute Gasteiger partial charge is 0.366 e. The summed E-state index contributed by atoms with van der Waals surface area (Å²) in [6.45, 7) is 2.33. The molecule has 0 spiro atoms. The molecule has 0 aliphatic carbocycles. The molecule has 52 valence electrons. The highest BCUT2D eigenvalue weighted by Crippen LogP contribution is 2.31. The van der Waals surface area contributed by atoms with Crippen LogP contribution in [0, 0.1) is 0 Å². The summed E-state index contributed by atoms with van der Waals surface area (Å²) >= 11 is 1.46. The van der Waals surface area contributed by atoms with Crippen molar-refractivity contribution in [3.05, 3.63) is 0 Å². The molecule has 1 heterocycles.